The van der Waals surface area contributed by atoms with Crippen LogP contribution in [0.5, 0.6) is 0 Å². The highest BCUT2D eigenvalue weighted by atomic mass is 16.3. The van der Waals surface area contributed by atoms with Gasteiger partial charge < -0.3 is 8.98 Å². The van der Waals surface area contributed by atoms with Crippen LogP contribution in [0.4, 0.5) is 0 Å². The Hall–Kier alpha value is -6.45. The molecular formula is C48H34N2O. The molecule has 1 aliphatic carbocycles. The second-order valence-electron chi connectivity index (χ2n) is 13.6. The van der Waals surface area contributed by atoms with Crippen LogP contribution in [-0.4, -0.2) is 9.55 Å². The number of hydrogen-bond acceptors (Lipinski definition) is 2. The predicted octanol–water partition coefficient (Wildman–Crippen LogP) is 13.1. The molecule has 3 nitrogen and oxygen atoms in total. The van der Waals surface area contributed by atoms with Crippen molar-refractivity contribution in [2.24, 2.45) is 5.92 Å². The summed E-state index contributed by atoms with van der Waals surface area (Å²) in [4.78, 5) is 5.13. The van der Waals surface area contributed by atoms with Crippen molar-refractivity contribution in [1.29, 1.82) is 0 Å². The van der Waals surface area contributed by atoms with Gasteiger partial charge in [0.25, 0.3) is 0 Å². The smallest absolute Gasteiger partial charge is 0.136 e. The van der Waals surface area contributed by atoms with E-state index in [0.717, 1.165) is 61.1 Å². The summed E-state index contributed by atoms with van der Waals surface area (Å²) >= 11 is 0. The topological polar surface area (TPSA) is 31.0 Å². The number of nitrogens with zero attached hydrogens (tertiary/aromatic N) is 2. The zero-order valence-electron chi connectivity index (χ0n) is 28.2. The van der Waals surface area contributed by atoms with Crippen molar-refractivity contribution < 1.29 is 4.42 Å². The quantitative estimate of drug-likeness (QED) is 0.185. The lowest BCUT2D eigenvalue weighted by Crippen LogP contribution is -2.15. The summed E-state index contributed by atoms with van der Waals surface area (Å²) in [6.45, 7) is 2.30. The molecule has 0 aliphatic heterocycles. The van der Waals surface area contributed by atoms with Crippen molar-refractivity contribution >= 4 is 43.7 Å². The van der Waals surface area contributed by atoms with Crippen molar-refractivity contribution in [3.63, 3.8) is 0 Å². The Kier molecular flexibility index (Phi) is 6.85. The van der Waals surface area contributed by atoms with Crippen molar-refractivity contribution in [2.45, 2.75) is 13.0 Å². The van der Waals surface area contributed by atoms with Crippen LogP contribution >= 0.6 is 0 Å². The minimum absolute atomic E-state index is 0.272. The van der Waals surface area contributed by atoms with E-state index in [1.165, 1.54) is 27.4 Å². The third kappa shape index (κ3) is 4.93. The molecule has 0 N–H and O–H groups in total. The number of rotatable bonds is 5. The lowest BCUT2D eigenvalue weighted by atomic mass is 9.95. The molecule has 0 radical (unpaired) electrons. The van der Waals surface area contributed by atoms with Gasteiger partial charge in [-0.2, -0.15) is 0 Å². The summed E-state index contributed by atoms with van der Waals surface area (Å²) < 4.78 is 9.03. The maximum atomic E-state index is 6.51. The molecule has 10 rings (SSSR count). The summed E-state index contributed by atoms with van der Waals surface area (Å²) in [5.74, 6) is 0.410. The molecule has 3 heterocycles. The van der Waals surface area contributed by atoms with Crippen LogP contribution < -0.4 is 0 Å². The first kappa shape index (κ1) is 29.5. The standard InChI is InChI=1S/C48H34N2O/c1-31-13-8-10-20-43(31)50-44-21-11-9-18-38(44)39-27-34(23-25-45(39)50)35-24-26-46-40(28-35)48-37(19-12-22-47(48)51-46)36-29-41(32-14-4-2-5-15-32)49-42(30-36)33-16-6-3-7-17-33/h2-31,43H,1H3. The lowest BCUT2D eigenvalue weighted by molar-refractivity contribution is 0.510. The van der Waals surface area contributed by atoms with E-state index in [4.69, 9.17) is 9.40 Å². The number of benzene rings is 6. The molecule has 3 heteroatoms. The maximum Gasteiger partial charge on any atom is 0.136 e. The third-order valence-corrected chi connectivity index (χ3v) is 10.5. The summed E-state index contributed by atoms with van der Waals surface area (Å²) in [6.07, 6.45) is 8.96. The van der Waals surface area contributed by atoms with Crippen LogP contribution in [0.15, 0.2) is 180 Å². The number of hydrogen-bond donors (Lipinski definition) is 0. The van der Waals surface area contributed by atoms with Crippen molar-refractivity contribution in [1.82, 2.24) is 9.55 Å². The van der Waals surface area contributed by atoms with E-state index in [1.807, 2.05) is 12.1 Å². The zero-order chi connectivity index (χ0) is 33.9. The molecule has 0 saturated heterocycles. The van der Waals surface area contributed by atoms with E-state index in [0.29, 0.717) is 5.92 Å². The molecule has 6 aromatic carbocycles. The minimum Gasteiger partial charge on any atom is -0.456 e. The molecule has 0 saturated carbocycles. The van der Waals surface area contributed by atoms with E-state index >= 15 is 0 Å². The fraction of sp³-hybridized carbons (Fsp3) is 0.0625. The highest BCUT2D eigenvalue weighted by Gasteiger charge is 2.22. The molecule has 2 atom stereocenters. The Morgan fingerprint density at radius 1 is 0.490 bits per heavy atom. The summed E-state index contributed by atoms with van der Waals surface area (Å²) in [6, 6.07) is 54.3. The van der Waals surface area contributed by atoms with Crippen LogP contribution in [0.3, 0.4) is 0 Å². The van der Waals surface area contributed by atoms with Gasteiger partial charge in [-0.25, -0.2) is 4.98 Å². The van der Waals surface area contributed by atoms with Gasteiger partial charge in [-0.1, -0.05) is 134 Å². The second-order valence-corrected chi connectivity index (χ2v) is 13.6. The number of fused-ring (bicyclic) bond motifs is 6. The number of aromatic nitrogens is 2. The van der Waals surface area contributed by atoms with Gasteiger partial charge in [-0.3, -0.25) is 0 Å². The van der Waals surface area contributed by atoms with E-state index in [-0.39, 0.29) is 6.04 Å². The van der Waals surface area contributed by atoms with Gasteiger partial charge >= 0.3 is 0 Å². The molecule has 2 unspecified atom stereocenters. The van der Waals surface area contributed by atoms with Gasteiger partial charge in [0.1, 0.15) is 11.2 Å². The lowest BCUT2D eigenvalue weighted by Gasteiger charge is -2.24. The van der Waals surface area contributed by atoms with Crippen LogP contribution in [-0.2, 0) is 0 Å². The van der Waals surface area contributed by atoms with Crippen LogP contribution in [0, 0.1) is 5.92 Å². The Bertz CT molecular complexity index is 2760. The third-order valence-electron chi connectivity index (χ3n) is 10.5. The highest BCUT2D eigenvalue weighted by Crippen LogP contribution is 2.42. The normalized spacial score (nSPS) is 15.8. The van der Waals surface area contributed by atoms with Gasteiger partial charge in [-0.15, -0.1) is 0 Å². The van der Waals surface area contributed by atoms with Crippen molar-refractivity contribution in [3.05, 3.63) is 176 Å². The molecule has 51 heavy (non-hydrogen) atoms. The second kappa shape index (κ2) is 11.9. The van der Waals surface area contributed by atoms with E-state index in [1.54, 1.807) is 0 Å². The zero-order valence-corrected chi connectivity index (χ0v) is 28.2. The number of pyridine rings is 1. The highest BCUT2D eigenvalue weighted by molar-refractivity contribution is 6.14. The molecule has 242 valence electrons. The largest absolute Gasteiger partial charge is 0.456 e. The van der Waals surface area contributed by atoms with Gasteiger partial charge in [0.05, 0.1) is 17.4 Å². The monoisotopic (exact) mass is 654 g/mol. The molecule has 9 aromatic rings. The van der Waals surface area contributed by atoms with Crippen molar-refractivity contribution in [2.75, 3.05) is 0 Å². The van der Waals surface area contributed by atoms with E-state index in [9.17, 15) is 0 Å². The van der Waals surface area contributed by atoms with Crippen LogP contribution in [0.25, 0.3) is 88.5 Å². The first-order valence-electron chi connectivity index (χ1n) is 17.7. The fourth-order valence-corrected chi connectivity index (χ4v) is 7.98. The molecule has 3 aromatic heterocycles. The van der Waals surface area contributed by atoms with Gasteiger partial charge in [-0.05, 0) is 76.7 Å². The molecule has 0 fully saturated rings. The van der Waals surface area contributed by atoms with Gasteiger partial charge in [0, 0.05) is 43.7 Å². The minimum atomic E-state index is 0.272. The van der Waals surface area contributed by atoms with E-state index in [2.05, 4.69) is 175 Å². The summed E-state index contributed by atoms with van der Waals surface area (Å²) in [7, 11) is 0. The van der Waals surface area contributed by atoms with E-state index < -0.39 is 0 Å². The Morgan fingerprint density at radius 3 is 1.88 bits per heavy atom. The van der Waals surface area contributed by atoms with Gasteiger partial charge in [0.15, 0.2) is 0 Å². The first-order valence-corrected chi connectivity index (χ1v) is 17.7. The maximum absolute atomic E-state index is 6.51. The fourth-order valence-electron chi connectivity index (χ4n) is 7.98. The van der Waals surface area contributed by atoms with Gasteiger partial charge in [0.2, 0.25) is 0 Å². The Morgan fingerprint density at radius 2 is 1.14 bits per heavy atom. The van der Waals surface area contributed by atoms with Crippen LogP contribution in [0.1, 0.15) is 13.0 Å². The first-order chi connectivity index (χ1) is 25.2. The summed E-state index contributed by atoms with van der Waals surface area (Å²) in [5.41, 5.74) is 12.9. The van der Waals surface area contributed by atoms with Crippen LogP contribution in [0.2, 0.25) is 0 Å². The number of para-hydroxylation sites is 1. The molecule has 1 aliphatic rings. The van der Waals surface area contributed by atoms with Crippen molar-refractivity contribution in [3.8, 4) is 44.8 Å². The summed E-state index contributed by atoms with van der Waals surface area (Å²) in [5, 5.41) is 4.77. The molecule has 0 amide bonds. The average molecular weight is 655 g/mol. The SMILES string of the molecule is CC1C=CC=CC1n1c2ccccc2c2cc(-c3ccc4oc5cccc(-c6cc(-c7ccccc7)nc(-c7ccccc7)c6)c5c4c3)ccc21. The Balaban J connectivity index is 1.15. The molecule has 0 spiro atoms. The molecule has 0 bridgehead atoms. The molecular weight excluding hydrogens is 621 g/mol. The number of furan rings is 1. The number of allylic oxidation sites excluding steroid dienone is 4. The average Bonchev–Trinajstić information content (AvgIpc) is 3.74. The Labute approximate surface area is 296 Å². The predicted molar refractivity (Wildman–Crippen MR) is 213 cm³/mol.